The summed E-state index contributed by atoms with van der Waals surface area (Å²) < 4.78 is 66.1. The number of rotatable bonds is 2. The van der Waals surface area contributed by atoms with E-state index in [2.05, 4.69) is 14.7 Å². The Morgan fingerprint density at radius 2 is 1.79 bits per heavy atom. The van der Waals surface area contributed by atoms with E-state index in [1.54, 1.807) is 0 Å². The lowest BCUT2D eigenvalue weighted by Gasteiger charge is -2.14. The smallest absolute Gasteiger partial charge is 0.399 e. The number of alkyl halides is 5. The second-order valence-electron chi connectivity index (χ2n) is 3.62. The molecule has 2 N–H and O–H groups in total. The largest absolute Gasteiger partial charge is 0.463 e. The molecule has 2 aromatic rings. The molecule has 0 fully saturated rings. The third-order valence-electron chi connectivity index (χ3n) is 2.20. The summed E-state index contributed by atoms with van der Waals surface area (Å²) >= 11 is 0. The van der Waals surface area contributed by atoms with Crippen LogP contribution in [0.2, 0.25) is 0 Å². The SMILES string of the molecule is Nc1cccc(-c2noc(C(F)(F)C(F)(F)F)n2)c1. The molecule has 1 heterocycles. The van der Waals surface area contributed by atoms with Crippen molar-refractivity contribution in [3.63, 3.8) is 0 Å². The third-order valence-corrected chi connectivity index (χ3v) is 2.20. The van der Waals surface area contributed by atoms with Gasteiger partial charge in [0.1, 0.15) is 0 Å². The summed E-state index contributed by atoms with van der Waals surface area (Å²) in [7, 11) is 0. The van der Waals surface area contributed by atoms with Crippen molar-refractivity contribution in [3.8, 4) is 11.4 Å². The second kappa shape index (κ2) is 4.18. The lowest BCUT2D eigenvalue weighted by Crippen LogP contribution is -2.33. The van der Waals surface area contributed by atoms with Crippen LogP contribution in [-0.2, 0) is 5.92 Å². The van der Waals surface area contributed by atoms with Gasteiger partial charge in [0.2, 0.25) is 5.82 Å². The summed E-state index contributed by atoms with van der Waals surface area (Å²) in [5.41, 5.74) is 5.90. The Bertz CT molecular complexity index is 593. The van der Waals surface area contributed by atoms with Crippen LogP contribution in [0.4, 0.5) is 27.6 Å². The quantitative estimate of drug-likeness (QED) is 0.678. The van der Waals surface area contributed by atoms with Crippen molar-refractivity contribution < 1.29 is 26.5 Å². The molecule has 0 aliphatic heterocycles. The Morgan fingerprint density at radius 3 is 2.37 bits per heavy atom. The molecule has 0 bridgehead atoms. The van der Waals surface area contributed by atoms with Gasteiger partial charge in [-0.2, -0.15) is 26.9 Å². The van der Waals surface area contributed by atoms with Gasteiger partial charge >= 0.3 is 18.0 Å². The first-order valence-electron chi connectivity index (χ1n) is 4.86. The van der Waals surface area contributed by atoms with E-state index in [0.29, 0.717) is 0 Å². The molecule has 0 saturated carbocycles. The average Bonchev–Trinajstić information content (AvgIpc) is 2.77. The number of benzene rings is 1. The fourth-order valence-electron chi connectivity index (χ4n) is 1.27. The zero-order valence-corrected chi connectivity index (χ0v) is 9.08. The van der Waals surface area contributed by atoms with Gasteiger partial charge in [-0.05, 0) is 12.1 Å². The van der Waals surface area contributed by atoms with Crippen LogP contribution < -0.4 is 5.73 Å². The Morgan fingerprint density at radius 1 is 1.11 bits per heavy atom. The fraction of sp³-hybridized carbons (Fsp3) is 0.200. The molecular formula is C10H6F5N3O. The molecule has 1 aromatic carbocycles. The van der Waals surface area contributed by atoms with Gasteiger partial charge in [0, 0.05) is 11.3 Å². The predicted octanol–water partition coefficient (Wildman–Crippen LogP) is 2.97. The number of nitrogens with two attached hydrogens (primary N) is 1. The molecule has 19 heavy (non-hydrogen) atoms. The Kier molecular flexibility index (Phi) is 2.91. The van der Waals surface area contributed by atoms with E-state index >= 15 is 0 Å². The molecular weight excluding hydrogens is 273 g/mol. The molecule has 9 heteroatoms. The van der Waals surface area contributed by atoms with E-state index < -0.39 is 23.8 Å². The van der Waals surface area contributed by atoms with Crippen LogP contribution >= 0.6 is 0 Å². The number of anilines is 1. The first-order chi connectivity index (χ1) is 8.72. The number of hydrogen-bond acceptors (Lipinski definition) is 4. The fourth-order valence-corrected chi connectivity index (χ4v) is 1.27. The normalized spacial score (nSPS) is 12.7. The van der Waals surface area contributed by atoms with Gasteiger partial charge in [-0.3, -0.25) is 0 Å². The average molecular weight is 279 g/mol. The molecule has 0 radical (unpaired) electrons. The molecule has 0 saturated heterocycles. The number of nitrogen functional groups attached to an aromatic ring is 1. The highest BCUT2D eigenvalue weighted by molar-refractivity contribution is 5.60. The first kappa shape index (κ1) is 13.2. The maximum absolute atomic E-state index is 12.9. The minimum Gasteiger partial charge on any atom is -0.399 e. The van der Waals surface area contributed by atoms with Crippen LogP contribution in [0.5, 0.6) is 0 Å². The van der Waals surface area contributed by atoms with Gasteiger partial charge in [0.05, 0.1) is 0 Å². The van der Waals surface area contributed by atoms with Crippen LogP contribution in [0, 0.1) is 0 Å². The van der Waals surface area contributed by atoms with Gasteiger partial charge in [0.15, 0.2) is 0 Å². The van der Waals surface area contributed by atoms with Crippen LogP contribution in [0.3, 0.4) is 0 Å². The molecule has 4 nitrogen and oxygen atoms in total. The number of nitrogens with zero attached hydrogens (tertiary/aromatic N) is 2. The highest BCUT2D eigenvalue weighted by Crippen LogP contribution is 2.43. The van der Waals surface area contributed by atoms with Crippen molar-refractivity contribution in [3.05, 3.63) is 30.2 Å². The summed E-state index contributed by atoms with van der Waals surface area (Å²) in [6.45, 7) is 0. The zero-order valence-electron chi connectivity index (χ0n) is 9.08. The van der Waals surface area contributed by atoms with Crippen molar-refractivity contribution in [2.45, 2.75) is 12.1 Å². The Balaban J connectivity index is 2.40. The van der Waals surface area contributed by atoms with Gasteiger partial charge < -0.3 is 10.3 Å². The summed E-state index contributed by atoms with van der Waals surface area (Å²) in [6, 6.07) is 5.70. The maximum Gasteiger partial charge on any atom is 0.463 e. The number of halogens is 5. The van der Waals surface area contributed by atoms with E-state index in [1.165, 1.54) is 24.3 Å². The van der Waals surface area contributed by atoms with E-state index in [4.69, 9.17) is 5.73 Å². The molecule has 1 aromatic heterocycles. The molecule has 0 spiro atoms. The number of aromatic nitrogens is 2. The lowest BCUT2D eigenvalue weighted by atomic mass is 10.2. The monoisotopic (exact) mass is 279 g/mol. The molecule has 102 valence electrons. The molecule has 2 rings (SSSR count). The number of hydrogen-bond donors (Lipinski definition) is 1. The second-order valence-corrected chi connectivity index (χ2v) is 3.62. The van der Waals surface area contributed by atoms with E-state index in [-0.39, 0.29) is 11.3 Å². The van der Waals surface area contributed by atoms with Gasteiger partial charge in [-0.15, -0.1) is 0 Å². The van der Waals surface area contributed by atoms with Gasteiger partial charge in [-0.25, -0.2) is 0 Å². The Hall–Kier alpha value is -2.19. The van der Waals surface area contributed by atoms with Crippen LogP contribution in [0.15, 0.2) is 28.8 Å². The zero-order chi connectivity index (χ0) is 14.3. The predicted molar refractivity (Wildman–Crippen MR) is 54.1 cm³/mol. The van der Waals surface area contributed by atoms with Gasteiger partial charge in [0.25, 0.3) is 0 Å². The maximum atomic E-state index is 12.9. The van der Waals surface area contributed by atoms with Gasteiger partial charge in [-0.1, -0.05) is 17.3 Å². The summed E-state index contributed by atoms with van der Waals surface area (Å²) in [4.78, 5) is 3.06. The highest BCUT2D eigenvalue weighted by atomic mass is 19.4. The molecule has 0 unspecified atom stereocenters. The highest BCUT2D eigenvalue weighted by Gasteiger charge is 2.63. The molecule has 0 aliphatic carbocycles. The molecule has 0 atom stereocenters. The summed E-state index contributed by atoms with van der Waals surface area (Å²) in [5.74, 6) is -7.40. The minimum absolute atomic E-state index is 0.174. The summed E-state index contributed by atoms with van der Waals surface area (Å²) in [6.07, 6.45) is -5.80. The minimum atomic E-state index is -5.80. The Labute approximate surface area is 103 Å². The first-order valence-corrected chi connectivity index (χ1v) is 4.86. The van der Waals surface area contributed by atoms with E-state index in [1.807, 2.05) is 0 Å². The van der Waals surface area contributed by atoms with E-state index in [0.717, 1.165) is 0 Å². The van der Waals surface area contributed by atoms with Crippen molar-refractivity contribution in [2.24, 2.45) is 0 Å². The van der Waals surface area contributed by atoms with Crippen molar-refractivity contribution in [2.75, 3.05) is 5.73 Å². The van der Waals surface area contributed by atoms with Crippen molar-refractivity contribution in [1.82, 2.24) is 10.1 Å². The topological polar surface area (TPSA) is 64.9 Å². The van der Waals surface area contributed by atoms with Crippen LogP contribution in [-0.4, -0.2) is 16.3 Å². The van der Waals surface area contributed by atoms with Crippen molar-refractivity contribution >= 4 is 5.69 Å². The summed E-state index contributed by atoms with van der Waals surface area (Å²) in [5, 5.41) is 3.09. The molecule has 0 aliphatic rings. The van der Waals surface area contributed by atoms with E-state index in [9.17, 15) is 22.0 Å². The van der Waals surface area contributed by atoms with Crippen LogP contribution in [0.1, 0.15) is 5.89 Å². The third kappa shape index (κ3) is 2.35. The van der Waals surface area contributed by atoms with Crippen LogP contribution in [0.25, 0.3) is 11.4 Å². The lowest BCUT2D eigenvalue weighted by molar-refractivity contribution is -0.298. The van der Waals surface area contributed by atoms with Crippen molar-refractivity contribution in [1.29, 1.82) is 0 Å². The standard InChI is InChI=1S/C10H6F5N3O/c11-9(12,10(13,14)15)8-17-7(18-19-8)5-2-1-3-6(16)4-5/h1-4H,16H2. The molecule has 0 amide bonds.